The number of amides is 1. The second kappa shape index (κ2) is 11.7. The molecular formula is C32H34N8O2. The van der Waals surface area contributed by atoms with Crippen molar-refractivity contribution in [1.29, 1.82) is 0 Å². The summed E-state index contributed by atoms with van der Waals surface area (Å²) in [5.41, 5.74) is 5.89. The average Bonchev–Trinajstić information content (AvgIpc) is 3.37. The number of carbonyl (C=O) groups excluding carboxylic acids is 1. The van der Waals surface area contributed by atoms with Gasteiger partial charge in [0.15, 0.2) is 11.5 Å². The molecule has 0 saturated carbocycles. The normalized spacial score (nSPS) is 14.3. The molecule has 1 saturated heterocycles. The number of carbonyl (C=O) groups is 1. The van der Waals surface area contributed by atoms with Gasteiger partial charge in [-0.25, -0.2) is 4.98 Å². The number of nitrogens with one attached hydrogen (secondary N) is 1. The van der Waals surface area contributed by atoms with E-state index in [1.54, 1.807) is 23.1 Å². The standard InChI is InChI=1S/C32H34N8O2/c1-21-5-8-26(42-32-28-20-39(4)37-30(28)35-29(36-32)23-9-11-33-12-10-23)18-27(21)31(41)34-25-7-6-24(22(2)17-25)19-40-15-13-38(3)14-16-40/h5-12,17-18,20H,13-16,19H2,1-4H3,(H,34,41). The van der Waals surface area contributed by atoms with Crippen LogP contribution in [0.1, 0.15) is 27.0 Å². The van der Waals surface area contributed by atoms with Crippen molar-refractivity contribution < 1.29 is 9.53 Å². The van der Waals surface area contributed by atoms with Crippen LogP contribution in [0.2, 0.25) is 0 Å². The van der Waals surface area contributed by atoms with Crippen molar-refractivity contribution in [2.45, 2.75) is 20.4 Å². The van der Waals surface area contributed by atoms with Gasteiger partial charge in [-0.1, -0.05) is 12.1 Å². The smallest absolute Gasteiger partial charge is 0.256 e. The molecule has 1 fully saturated rings. The SMILES string of the molecule is Cc1cc(NC(=O)c2cc(Oc3nc(-c4ccncc4)nc4nn(C)cc34)ccc2C)ccc1CN1CCN(C)CC1. The highest BCUT2D eigenvalue weighted by molar-refractivity contribution is 6.05. The minimum atomic E-state index is -0.198. The third-order valence-corrected chi connectivity index (χ3v) is 7.66. The highest BCUT2D eigenvalue weighted by Crippen LogP contribution is 2.31. The lowest BCUT2D eigenvalue weighted by Gasteiger charge is -2.32. The van der Waals surface area contributed by atoms with Crippen LogP contribution in [0.25, 0.3) is 22.4 Å². The van der Waals surface area contributed by atoms with Gasteiger partial charge < -0.3 is 15.0 Å². The number of piperazine rings is 1. The minimum absolute atomic E-state index is 0.198. The summed E-state index contributed by atoms with van der Waals surface area (Å²) >= 11 is 0. The summed E-state index contributed by atoms with van der Waals surface area (Å²) in [6.07, 6.45) is 5.20. The Kier molecular flexibility index (Phi) is 7.64. The first-order chi connectivity index (χ1) is 20.3. The third kappa shape index (κ3) is 6.00. The number of aryl methyl sites for hydroxylation is 3. The number of hydrogen-bond acceptors (Lipinski definition) is 8. The lowest BCUT2D eigenvalue weighted by Crippen LogP contribution is -2.43. The van der Waals surface area contributed by atoms with Crippen LogP contribution in [-0.4, -0.2) is 73.7 Å². The molecule has 0 spiro atoms. The quantitative estimate of drug-likeness (QED) is 0.301. The van der Waals surface area contributed by atoms with Crippen LogP contribution in [0.5, 0.6) is 11.6 Å². The van der Waals surface area contributed by atoms with Gasteiger partial charge in [-0.2, -0.15) is 10.1 Å². The van der Waals surface area contributed by atoms with Gasteiger partial charge in [0.05, 0.1) is 0 Å². The van der Waals surface area contributed by atoms with Gasteiger partial charge in [0.2, 0.25) is 5.88 Å². The summed E-state index contributed by atoms with van der Waals surface area (Å²) < 4.78 is 7.94. The van der Waals surface area contributed by atoms with Crippen LogP contribution in [-0.2, 0) is 13.6 Å². The Hall–Kier alpha value is -4.67. The zero-order chi connectivity index (χ0) is 29.2. The first-order valence-corrected chi connectivity index (χ1v) is 14.0. The van der Waals surface area contributed by atoms with E-state index in [0.717, 1.165) is 55.1 Å². The van der Waals surface area contributed by atoms with Crippen molar-refractivity contribution in [3.05, 3.63) is 89.4 Å². The molecule has 0 bridgehead atoms. The summed E-state index contributed by atoms with van der Waals surface area (Å²) in [5.74, 6) is 1.14. The summed E-state index contributed by atoms with van der Waals surface area (Å²) in [6.45, 7) is 9.24. The van der Waals surface area contributed by atoms with Crippen LogP contribution in [0, 0.1) is 13.8 Å². The monoisotopic (exact) mass is 562 g/mol. The molecule has 214 valence electrons. The molecule has 3 aromatic heterocycles. The third-order valence-electron chi connectivity index (χ3n) is 7.66. The Labute approximate surface area is 245 Å². The van der Waals surface area contributed by atoms with E-state index < -0.39 is 0 Å². The van der Waals surface area contributed by atoms with Crippen molar-refractivity contribution in [2.75, 3.05) is 38.5 Å². The van der Waals surface area contributed by atoms with Crippen LogP contribution < -0.4 is 10.1 Å². The fourth-order valence-electron chi connectivity index (χ4n) is 5.12. The highest BCUT2D eigenvalue weighted by Gasteiger charge is 2.18. The van der Waals surface area contributed by atoms with Crippen LogP contribution in [0.15, 0.2) is 67.1 Å². The molecule has 1 aliphatic heterocycles. The fourth-order valence-corrected chi connectivity index (χ4v) is 5.12. The molecule has 0 unspecified atom stereocenters. The zero-order valence-corrected chi connectivity index (χ0v) is 24.3. The molecule has 2 aromatic carbocycles. The lowest BCUT2D eigenvalue weighted by atomic mass is 10.1. The number of benzene rings is 2. The van der Waals surface area contributed by atoms with Gasteiger partial charge in [0, 0.05) is 75.2 Å². The topological polar surface area (TPSA) is 101 Å². The summed E-state index contributed by atoms with van der Waals surface area (Å²) in [5, 5.41) is 8.20. The molecule has 1 N–H and O–H groups in total. The van der Waals surface area contributed by atoms with Crippen LogP contribution >= 0.6 is 0 Å². The summed E-state index contributed by atoms with van der Waals surface area (Å²) in [6, 6.07) is 15.3. The van der Waals surface area contributed by atoms with Crippen molar-refractivity contribution in [1.82, 2.24) is 34.5 Å². The molecule has 5 aromatic rings. The van der Waals surface area contributed by atoms with Crippen molar-refractivity contribution in [3.63, 3.8) is 0 Å². The Balaban J connectivity index is 1.21. The molecule has 1 amide bonds. The van der Waals surface area contributed by atoms with Crippen molar-refractivity contribution in [2.24, 2.45) is 7.05 Å². The van der Waals surface area contributed by atoms with E-state index >= 15 is 0 Å². The first kappa shape index (κ1) is 27.5. The summed E-state index contributed by atoms with van der Waals surface area (Å²) in [7, 11) is 3.99. The van der Waals surface area contributed by atoms with Gasteiger partial charge in [0.1, 0.15) is 11.1 Å². The number of fused-ring (bicyclic) bond motifs is 1. The van der Waals surface area contributed by atoms with Gasteiger partial charge >= 0.3 is 0 Å². The zero-order valence-electron chi connectivity index (χ0n) is 24.3. The van der Waals surface area contributed by atoms with Crippen molar-refractivity contribution in [3.8, 4) is 23.0 Å². The lowest BCUT2D eigenvalue weighted by molar-refractivity contribution is 0.102. The Morgan fingerprint density at radius 3 is 2.48 bits per heavy atom. The number of hydrogen-bond donors (Lipinski definition) is 1. The Morgan fingerprint density at radius 1 is 0.929 bits per heavy atom. The van der Waals surface area contributed by atoms with E-state index in [0.29, 0.717) is 34.1 Å². The van der Waals surface area contributed by atoms with Crippen molar-refractivity contribution >= 4 is 22.6 Å². The van der Waals surface area contributed by atoms with Gasteiger partial charge in [-0.15, -0.1) is 0 Å². The second-order valence-corrected chi connectivity index (χ2v) is 10.9. The number of likely N-dealkylation sites (N-methyl/N-ethyl adjacent to an activating group) is 1. The highest BCUT2D eigenvalue weighted by atomic mass is 16.5. The largest absolute Gasteiger partial charge is 0.438 e. The number of pyridine rings is 1. The molecule has 0 radical (unpaired) electrons. The maximum absolute atomic E-state index is 13.4. The van der Waals surface area contributed by atoms with E-state index in [4.69, 9.17) is 4.74 Å². The molecule has 6 rings (SSSR count). The van der Waals surface area contributed by atoms with E-state index in [2.05, 4.69) is 55.2 Å². The fraction of sp³-hybridized carbons (Fsp3) is 0.281. The number of ether oxygens (including phenoxy) is 1. The molecule has 4 heterocycles. The van der Waals surface area contributed by atoms with Crippen LogP contribution in [0.4, 0.5) is 5.69 Å². The second-order valence-electron chi connectivity index (χ2n) is 10.9. The number of aromatic nitrogens is 5. The van der Waals surface area contributed by atoms with Crippen LogP contribution in [0.3, 0.4) is 0 Å². The molecule has 42 heavy (non-hydrogen) atoms. The number of anilines is 1. The first-order valence-electron chi connectivity index (χ1n) is 14.0. The summed E-state index contributed by atoms with van der Waals surface area (Å²) in [4.78, 5) is 31.6. The predicted octanol–water partition coefficient (Wildman–Crippen LogP) is 4.83. The molecule has 10 heteroatoms. The van der Waals surface area contributed by atoms with Gasteiger partial charge in [-0.3, -0.25) is 19.4 Å². The molecule has 0 atom stereocenters. The maximum atomic E-state index is 13.4. The number of nitrogens with zero attached hydrogens (tertiary/aromatic N) is 7. The molecule has 1 aliphatic rings. The molecule has 10 nitrogen and oxygen atoms in total. The average molecular weight is 563 g/mol. The maximum Gasteiger partial charge on any atom is 0.256 e. The van der Waals surface area contributed by atoms with E-state index in [9.17, 15) is 4.79 Å². The minimum Gasteiger partial charge on any atom is -0.438 e. The Bertz CT molecular complexity index is 1740. The van der Waals surface area contributed by atoms with Gasteiger partial charge in [0.25, 0.3) is 5.91 Å². The van der Waals surface area contributed by atoms with E-state index in [1.165, 1.54) is 5.56 Å². The molecular weight excluding hydrogens is 528 g/mol. The van der Waals surface area contributed by atoms with E-state index in [1.807, 2.05) is 56.6 Å². The Morgan fingerprint density at radius 2 is 1.71 bits per heavy atom. The number of rotatable bonds is 7. The van der Waals surface area contributed by atoms with Gasteiger partial charge in [-0.05, 0) is 74.0 Å². The molecule has 0 aliphatic carbocycles. The van der Waals surface area contributed by atoms with E-state index in [-0.39, 0.29) is 5.91 Å². The predicted molar refractivity (Wildman–Crippen MR) is 163 cm³/mol.